The minimum absolute atomic E-state index is 0.123. The van der Waals surface area contributed by atoms with E-state index in [0.29, 0.717) is 31.5 Å². The number of hydrogen-bond acceptors (Lipinski definition) is 3. The van der Waals surface area contributed by atoms with E-state index in [0.717, 1.165) is 25.9 Å². The second kappa shape index (κ2) is 5.41. The number of carbonyl (C=O) groups excluding carboxylic acids is 1. The topological polar surface area (TPSA) is 41.6 Å². The predicted octanol–water partition coefficient (Wildman–Crippen LogP) is 1.79. The number of hydrogen-bond donors (Lipinski definition) is 1. The Labute approximate surface area is 116 Å². The maximum absolute atomic E-state index is 12.3. The van der Waals surface area contributed by atoms with Crippen molar-refractivity contribution in [2.24, 2.45) is 5.92 Å². The summed E-state index contributed by atoms with van der Waals surface area (Å²) in [4.78, 5) is 14.3. The number of carbonyl (C=O) groups is 1. The van der Waals surface area contributed by atoms with Crippen LogP contribution in [0.1, 0.15) is 47.0 Å². The molecule has 0 unspecified atom stereocenters. The number of nitrogens with one attached hydrogen (secondary N) is 1. The molecule has 19 heavy (non-hydrogen) atoms. The van der Waals surface area contributed by atoms with Crippen molar-refractivity contribution in [2.75, 3.05) is 26.3 Å². The van der Waals surface area contributed by atoms with Crippen molar-refractivity contribution in [3.63, 3.8) is 0 Å². The highest BCUT2D eigenvalue weighted by atomic mass is 16.5. The Balaban J connectivity index is 1.92. The zero-order chi connectivity index (χ0) is 14.1. The van der Waals surface area contributed by atoms with Crippen molar-refractivity contribution in [1.29, 1.82) is 0 Å². The molecule has 2 fully saturated rings. The first kappa shape index (κ1) is 14.8. The quantitative estimate of drug-likeness (QED) is 0.830. The molecule has 4 nitrogen and oxygen atoms in total. The number of amides is 1. The molecule has 0 radical (unpaired) electrons. The molecule has 0 aliphatic carbocycles. The van der Waals surface area contributed by atoms with Crippen molar-refractivity contribution in [3.05, 3.63) is 0 Å². The third-order valence-corrected chi connectivity index (χ3v) is 4.10. The summed E-state index contributed by atoms with van der Waals surface area (Å²) in [7, 11) is 0. The Morgan fingerprint density at radius 3 is 2.21 bits per heavy atom. The second-order valence-corrected chi connectivity index (χ2v) is 7.36. The van der Waals surface area contributed by atoms with Gasteiger partial charge >= 0.3 is 0 Å². The van der Waals surface area contributed by atoms with Crippen molar-refractivity contribution >= 4 is 5.91 Å². The molecule has 4 heteroatoms. The van der Waals surface area contributed by atoms with Gasteiger partial charge in [-0.25, -0.2) is 0 Å². The van der Waals surface area contributed by atoms with Gasteiger partial charge < -0.3 is 15.0 Å². The van der Waals surface area contributed by atoms with Crippen molar-refractivity contribution in [3.8, 4) is 0 Å². The Hall–Kier alpha value is -0.610. The molecule has 0 bridgehead atoms. The molecule has 110 valence electrons. The molecule has 1 N–H and O–H groups in total. The minimum Gasteiger partial charge on any atom is -0.378 e. The van der Waals surface area contributed by atoms with Crippen molar-refractivity contribution in [2.45, 2.75) is 58.0 Å². The average Bonchev–Trinajstić information content (AvgIpc) is 2.25. The largest absolute Gasteiger partial charge is 0.378 e. The summed E-state index contributed by atoms with van der Waals surface area (Å²) in [6.45, 7) is 11.8. The lowest BCUT2D eigenvalue weighted by molar-refractivity contribution is -0.136. The van der Waals surface area contributed by atoms with E-state index in [2.05, 4.69) is 33.0 Å². The summed E-state index contributed by atoms with van der Waals surface area (Å²) in [6, 6.07) is 0. The van der Waals surface area contributed by atoms with Crippen LogP contribution in [0.15, 0.2) is 0 Å². The summed E-state index contributed by atoms with van der Waals surface area (Å²) < 4.78 is 5.30. The zero-order valence-corrected chi connectivity index (χ0v) is 12.8. The van der Waals surface area contributed by atoms with Crippen LogP contribution in [-0.4, -0.2) is 48.2 Å². The highest BCUT2D eigenvalue weighted by molar-refractivity contribution is 5.76. The van der Waals surface area contributed by atoms with E-state index >= 15 is 0 Å². The third-order valence-electron chi connectivity index (χ3n) is 4.10. The molecule has 2 rings (SSSR count). The third kappa shape index (κ3) is 4.18. The lowest BCUT2D eigenvalue weighted by atomic mass is 9.74. The lowest BCUT2D eigenvalue weighted by Crippen LogP contribution is -2.58. The molecule has 0 atom stereocenters. The fourth-order valence-electron chi connectivity index (χ4n) is 3.87. The number of nitrogens with zero attached hydrogens (tertiary/aromatic N) is 1. The monoisotopic (exact) mass is 268 g/mol. The molecule has 2 aliphatic heterocycles. The van der Waals surface area contributed by atoms with Crippen LogP contribution >= 0.6 is 0 Å². The highest BCUT2D eigenvalue weighted by Crippen LogP contribution is 2.34. The maximum Gasteiger partial charge on any atom is 0.223 e. The van der Waals surface area contributed by atoms with Gasteiger partial charge in [-0.3, -0.25) is 4.79 Å². The van der Waals surface area contributed by atoms with Gasteiger partial charge in [-0.2, -0.15) is 0 Å². The van der Waals surface area contributed by atoms with E-state index < -0.39 is 0 Å². The molecule has 2 heterocycles. The van der Waals surface area contributed by atoms with Gasteiger partial charge in [0, 0.05) is 30.6 Å². The van der Waals surface area contributed by atoms with Gasteiger partial charge in [-0.15, -0.1) is 0 Å². The Kier molecular flexibility index (Phi) is 4.21. The van der Waals surface area contributed by atoms with Crippen LogP contribution < -0.4 is 5.32 Å². The predicted molar refractivity (Wildman–Crippen MR) is 76.0 cm³/mol. The first-order valence-corrected chi connectivity index (χ1v) is 7.42. The van der Waals surface area contributed by atoms with Crippen LogP contribution in [-0.2, 0) is 9.53 Å². The molecule has 1 amide bonds. The van der Waals surface area contributed by atoms with Crippen molar-refractivity contribution < 1.29 is 9.53 Å². The molecule has 0 aromatic heterocycles. The standard InChI is InChI=1S/C15H28N2O2/c1-14(2)10-12(11-15(3,4)16-14)9-13(18)17-5-7-19-8-6-17/h12,16H,5-11H2,1-4H3. The van der Waals surface area contributed by atoms with Gasteiger partial charge in [-0.05, 0) is 46.5 Å². The molecule has 0 saturated carbocycles. The Bertz CT molecular complexity index is 317. The molecule has 0 spiro atoms. The lowest BCUT2D eigenvalue weighted by Gasteiger charge is -2.46. The van der Waals surface area contributed by atoms with Gasteiger partial charge in [0.1, 0.15) is 0 Å². The molecule has 0 aromatic rings. The Morgan fingerprint density at radius 2 is 1.68 bits per heavy atom. The SMILES string of the molecule is CC1(C)CC(CC(=O)N2CCOCC2)CC(C)(C)N1. The average molecular weight is 268 g/mol. The number of piperidine rings is 1. The normalized spacial score (nSPS) is 27.3. The van der Waals surface area contributed by atoms with Gasteiger partial charge in [0.2, 0.25) is 5.91 Å². The summed E-state index contributed by atoms with van der Waals surface area (Å²) >= 11 is 0. The molecule has 0 aromatic carbocycles. The van der Waals surface area contributed by atoms with Crippen LogP contribution in [0.3, 0.4) is 0 Å². The van der Waals surface area contributed by atoms with Gasteiger partial charge in [0.25, 0.3) is 0 Å². The second-order valence-electron chi connectivity index (χ2n) is 7.36. The first-order valence-electron chi connectivity index (χ1n) is 7.42. The van der Waals surface area contributed by atoms with E-state index in [9.17, 15) is 4.79 Å². The first-order chi connectivity index (χ1) is 8.77. The highest BCUT2D eigenvalue weighted by Gasteiger charge is 2.38. The van der Waals surface area contributed by atoms with Crippen LogP contribution in [0.2, 0.25) is 0 Å². The fourth-order valence-corrected chi connectivity index (χ4v) is 3.87. The summed E-state index contributed by atoms with van der Waals surface area (Å²) in [6.07, 6.45) is 2.84. The van der Waals surface area contributed by atoms with Crippen LogP contribution in [0, 0.1) is 5.92 Å². The van der Waals surface area contributed by atoms with E-state index in [4.69, 9.17) is 4.74 Å². The molecular weight excluding hydrogens is 240 g/mol. The van der Waals surface area contributed by atoms with Crippen LogP contribution in [0.5, 0.6) is 0 Å². The van der Waals surface area contributed by atoms with Gasteiger partial charge in [-0.1, -0.05) is 0 Å². The van der Waals surface area contributed by atoms with E-state index in [-0.39, 0.29) is 11.1 Å². The smallest absolute Gasteiger partial charge is 0.223 e. The van der Waals surface area contributed by atoms with Crippen LogP contribution in [0.4, 0.5) is 0 Å². The maximum atomic E-state index is 12.3. The fraction of sp³-hybridized carbons (Fsp3) is 0.933. The molecule has 2 saturated heterocycles. The summed E-state index contributed by atoms with van der Waals surface area (Å²) in [5, 5.41) is 3.67. The van der Waals surface area contributed by atoms with E-state index in [1.54, 1.807) is 0 Å². The Morgan fingerprint density at radius 1 is 1.16 bits per heavy atom. The molecule has 2 aliphatic rings. The van der Waals surface area contributed by atoms with Gasteiger partial charge in [0.05, 0.1) is 13.2 Å². The van der Waals surface area contributed by atoms with Gasteiger partial charge in [0.15, 0.2) is 0 Å². The zero-order valence-electron chi connectivity index (χ0n) is 12.8. The van der Waals surface area contributed by atoms with E-state index in [1.807, 2.05) is 4.90 Å². The number of morpholine rings is 1. The minimum atomic E-state index is 0.123. The molecular formula is C15H28N2O2. The van der Waals surface area contributed by atoms with E-state index in [1.165, 1.54) is 0 Å². The summed E-state index contributed by atoms with van der Waals surface area (Å²) in [5.74, 6) is 0.795. The summed E-state index contributed by atoms with van der Waals surface area (Å²) in [5.41, 5.74) is 0.245. The number of rotatable bonds is 2. The van der Waals surface area contributed by atoms with Crippen LogP contribution in [0.25, 0.3) is 0 Å². The van der Waals surface area contributed by atoms with Crippen molar-refractivity contribution in [1.82, 2.24) is 10.2 Å². The number of ether oxygens (including phenoxy) is 1.